The maximum atomic E-state index is 5.99. The van der Waals surface area contributed by atoms with Crippen molar-refractivity contribution < 1.29 is 9.47 Å². The lowest BCUT2D eigenvalue weighted by Gasteiger charge is -2.32. The predicted molar refractivity (Wildman–Crippen MR) is 85.5 cm³/mol. The van der Waals surface area contributed by atoms with Crippen LogP contribution < -0.4 is 10.5 Å². The zero-order chi connectivity index (χ0) is 15.2. The van der Waals surface area contributed by atoms with Crippen LogP contribution in [0.5, 0.6) is 5.75 Å². The number of nitrogens with two attached hydrogens (primary N) is 1. The summed E-state index contributed by atoms with van der Waals surface area (Å²) in [4.78, 5) is 2.45. The summed E-state index contributed by atoms with van der Waals surface area (Å²) in [6.07, 6.45) is 2.73. The molecule has 1 aromatic rings. The van der Waals surface area contributed by atoms with Gasteiger partial charge in [0.05, 0.1) is 13.2 Å². The van der Waals surface area contributed by atoms with Crippen LogP contribution in [0, 0.1) is 0 Å². The Labute approximate surface area is 128 Å². The van der Waals surface area contributed by atoms with Crippen LogP contribution >= 0.6 is 0 Å². The van der Waals surface area contributed by atoms with E-state index in [4.69, 9.17) is 15.2 Å². The third-order valence-electron chi connectivity index (χ3n) is 4.09. The fourth-order valence-electron chi connectivity index (χ4n) is 2.97. The van der Waals surface area contributed by atoms with Gasteiger partial charge in [-0.15, -0.1) is 0 Å². The number of piperidine rings is 1. The Morgan fingerprint density at radius 1 is 1.43 bits per heavy atom. The number of hydrogen-bond donors (Lipinski definition) is 1. The van der Waals surface area contributed by atoms with Crippen LogP contribution in [-0.4, -0.2) is 37.8 Å². The van der Waals surface area contributed by atoms with Crippen LogP contribution in [0.1, 0.15) is 43.9 Å². The largest absolute Gasteiger partial charge is 0.496 e. The average molecular weight is 292 g/mol. The number of ether oxygens (including phenoxy) is 2. The average Bonchev–Trinajstić information content (AvgIpc) is 2.48. The van der Waals surface area contributed by atoms with Crippen molar-refractivity contribution >= 4 is 0 Å². The van der Waals surface area contributed by atoms with E-state index >= 15 is 0 Å². The molecular formula is C17H28N2O2. The monoisotopic (exact) mass is 292 g/mol. The van der Waals surface area contributed by atoms with E-state index < -0.39 is 0 Å². The van der Waals surface area contributed by atoms with Crippen LogP contribution in [0.25, 0.3) is 0 Å². The molecule has 4 nitrogen and oxygen atoms in total. The summed E-state index contributed by atoms with van der Waals surface area (Å²) in [6.45, 7) is 7.88. The zero-order valence-corrected chi connectivity index (χ0v) is 13.5. The van der Waals surface area contributed by atoms with Crippen molar-refractivity contribution in [3.05, 3.63) is 29.3 Å². The molecule has 1 heterocycles. The van der Waals surface area contributed by atoms with Crippen LogP contribution in [0.4, 0.5) is 0 Å². The summed E-state index contributed by atoms with van der Waals surface area (Å²) < 4.78 is 11.3. The first kappa shape index (κ1) is 16.3. The summed E-state index contributed by atoms with van der Waals surface area (Å²) in [5.41, 5.74) is 8.36. The Bertz CT molecular complexity index is 446. The van der Waals surface area contributed by atoms with E-state index in [9.17, 15) is 0 Å². The molecule has 0 saturated carbocycles. The molecule has 0 bridgehead atoms. The molecule has 2 N–H and O–H groups in total. The molecule has 2 unspecified atom stereocenters. The first-order valence-electron chi connectivity index (χ1n) is 7.90. The Morgan fingerprint density at radius 3 is 2.90 bits per heavy atom. The van der Waals surface area contributed by atoms with Gasteiger partial charge in [0.1, 0.15) is 5.75 Å². The Kier molecular flexibility index (Phi) is 6.03. The zero-order valence-electron chi connectivity index (χ0n) is 13.5. The lowest BCUT2D eigenvalue weighted by molar-refractivity contribution is 0.00346. The number of likely N-dealkylation sites (tertiary alicyclic amines) is 1. The Hall–Kier alpha value is -1.10. The number of benzene rings is 1. The van der Waals surface area contributed by atoms with Gasteiger partial charge in [0, 0.05) is 31.3 Å². The highest BCUT2D eigenvalue weighted by Crippen LogP contribution is 2.25. The van der Waals surface area contributed by atoms with E-state index in [0.29, 0.717) is 6.10 Å². The van der Waals surface area contributed by atoms with E-state index in [1.807, 2.05) is 19.1 Å². The molecule has 0 aromatic heterocycles. The quantitative estimate of drug-likeness (QED) is 0.876. The molecule has 21 heavy (non-hydrogen) atoms. The maximum absolute atomic E-state index is 5.99. The molecule has 4 heteroatoms. The van der Waals surface area contributed by atoms with Crippen molar-refractivity contribution in [1.82, 2.24) is 4.90 Å². The summed E-state index contributed by atoms with van der Waals surface area (Å²) in [5, 5.41) is 0. The Balaban J connectivity index is 2.08. The van der Waals surface area contributed by atoms with Gasteiger partial charge < -0.3 is 15.2 Å². The van der Waals surface area contributed by atoms with Crippen LogP contribution in [0.3, 0.4) is 0 Å². The second-order valence-electron chi connectivity index (χ2n) is 5.81. The summed E-state index contributed by atoms with van der Waals surface area (Å²) in [6, 6.07) is 6.30. The van der Waals surface area contributed by atoms with E-state index in [2.05, 4.69) is 17.9 Å². The number of rotatable bonds is 6. The first-order valence-corrected chi connectivity index (χ1v) is 7.90. The SMILES string of the molecule is CCOC1CCCN(Cc2cc(C(C)N)ccc2OC)C1. The molecule has 1 aromatic carbocycles. The van der Waals surface area contributed by atoms with Crippen molar-refractivity contribution in [1.29, 1.82) is 0 Å². The minimum atomic E-state index is 0.0483. The van der Waals surface area contributed by atoms with Gasteiger partial charge in [-0.3, -0.25) is 4.90 Å². The fraction of sp³-hybridized carbons (Fsp3) is 0.647. The number of hydrogen-bond acceptors (Lipinski definition) is 4. The van der Waals surface area contributed by atoms with E-state index in [0.717, 1.165) is 37.6 Å². The minimum Gasteiger partial charge on any atom is -0.496 e. The van der Waals surface area contributed by atoms with E-state index in [-0.39, 0.29) is 6.04 Å². The fourth-order valence-corrected chi connectivity index (χ4v) is 2.97. The number of nitrogens with zero attached hydrogens (tertiary/aromatic N) is 1. The van der Waals surface area contributed by atoms with Gasteiger partial charge in [0.25, 0.3) is 0 Å². The van der Waals surface area contributed by atoms with E-state index in [1.54, 1.807) is 7.11 Å². The van der Waals surface area contributed by atoms with Crippen LogP contribution in [0.2, 0.25) is 0 Å². The summed E-state index contributed by atoms with van der Waals surface area (Å²) in [5.74, 6) is 0.943. The lowest BCUT2D eigenvalue weighted by atomic mass is 10.0. The molecule has 118 valence electrons. The second-order valence-corrected chi connectivity index (χ2v) is 5.81. The normalized spacial score (nSPS) is 21.2. The van der Waals surface area contributed by atoms with Crippen molar-refractivity contribution in [3.63, 3.8) is 0 Å². The molecule has 1 aliphatic rings. The van der Waals surface area contributed by atoms with Gasteiger partial charge >= 0.3 is 0 Å². The minimum absolute atomic E-state index is 0.0483. The summed E-state index contributed by atoms with van der Waals surface area (Å²) in [7, 11) is 1.73. The van der Waals surface area contributed by atoms with Crippen LogP contribution in [-0.2, 0) is 11.3 Å². The first-order chi connectivity index (χ1) is 10.1. The van der Waals surface area contributed by atoms with Gasteiger partial charge in [0.15, 0.2) is 0 Å². The molecule has 2 atom stereocenters. The molecule has 0 amide bonds. The lowest BCUT2D eigenvalue weighted by Crippen LogP contribution is -2.39. The predicted octanol–water partition coefficient (Wildman–Crippen LogP) is 2.72. The molecular weight excluding hydrogens is 264 g/mol. The molecule has 1 fully saturated rings. The highest BCUT2D eigenvalue weighted by atomic mass is 16.5. The third-order valence-corrected chi connectivity index (χ3v) is 4.09. The van der Waals surface area contributed by atoms with Gasteiger partial charge in [-0.05, 0) is 50.9 Å². The smallest absolute Gasteiger partial charge is 0.123 e. The third kappa shape index (κ3) is 4.43. The number of methoxy groups -OCH3 is 1. The van der Waals surface area contributed by atoms with Gasteiger partial charge in [0.2, 0.25) is 0 Å². The van der Waals surface area contributed by atoms with Crippen molar-refractivity contribution in [2.45, 2.75) is 45.4 Å². The van der Waals surface area contributed by atoms with Gasteiger partial charge in [-0.2, -0.15) is 0 Å². The van der Waals surface area contributed by atoms with Crippen LogP contribution in [0.15, 0.2) is 18.2 Å². The Morgan fingerprint density at radius 2 is 2.24 bits per heavy atom. The van der Waals surface area contributed by atoms with Crippen molar-refractivity contribution in [3.8, 4) is 5.75 Å². The van der Waals surface area contributed by atoms with E-state index in [1.165, 1.54) is 18.4 Å². The summed E-state index contributed by atoms with van der Waals surface area (Å²) >= 11 is 0. The van der Waals surface area contributed by atoms with Crippen molar-refractivity contribution in [2.24, 2.45) is 5.73 Å². The molecule has 1 aliphatic heterocycles. The topological polar surface area (TPSA) is 47.7 Å². The maximum Gasteiger partial charge on any atom is 0.123 e. The molecule has 0 aliphatic carbocycles. The molecule has 1 saturated heterocycles. The van der Waals surface area contributed by atoms with Crippen molar-refractivity contribution in [2.75, 3.05) is 26.8 Å². The highest BCUT2D eigenvalue weighted by Gasteiger charge is 2.21. The standard InChI is InChI=1S/C17H28N2O2/c1-4-21-16-6-5-9-19(12-16)11-15-10-14(13(2)18)7-8-17(15)20-3/h7-8,10,13,16H,4-6,9,11-12,18H2,1-3H3. The molecule has 0 spiro atoms. The van der Waals surface area contributed by atoms with Gasteiger partial charge in [-0.25, -0.2) is 0 Å². The van der Waals surface area contributed by atoms with Gasteiger partial charge in [-0.1, -0.05) is 6.07 Å². The molecule has 2 rings (SSSR count). The highest BCUT2D eigenvalue weighted by molar-refractivity contribution is 5.38. The second kappa shape index (κ2) is 7.78. The molecule has 0 radical (unpaired) electrons.